The topological polar surface area (TPSA) is 66.0 Å². The van der Waals surface area contributed by atoms with Crippen molar-refractivity contribution in [2.75, 3.05) is 42.5 Å². The summed E-state index contributed by atoms with van der Waals surface area (Å²) in [6, 6.07) is 14.9. The highest BCUT2D eigenvalue weighted by atomic mass is 35.5. The molecule has 3 heterocycles. The number of anilines is 2. The Labute approximate surface area is 207 Å². The number of aromatic nitrogens is 1. The van der Waals surface area contributed by atoms with Gasteiger partial charge in [-0.15, -0.1) is 0 Å². The second-order valence-corrected chi connectivity index (χ2v) is 8.91. The SMILES string of the molecule is O=C(CCCN1C(=O)c2cccnc2Oc2ccc(Cl)cc21)N1CCN(c2ccc(F)cc2)CC1. The van der Waals surface area contributed by atoms with Crippen LogP contribution in [0.3, 0.4) is 0 Å². The Hall–Kier alpha value is -3.65. The molecule has 5 rings (SSSR count). The molecule has 180 valence electrons. The van der Waals surface area contributed by atoms with Crippen molar-refractivity contribution in [3.8, 4) is 11.6 Å². The molecule has 0 spiro atoms. The molecule has 0 radical (unpaired) electrons. The van der Waals surface area contributed by atoms with Gasteiger partial charge in [-0.1, -0.05) is 11.6 Å². The molecule has 9 heteroatoms. The molecule has 3 aromatic rings. The molecule has 2 aliphatic heterocycles. The number of amides is 2. The molecule has 0 saturated carbocycles. The van der Waals surface area contributed by atoms with Crippen LogP contribution in [0.15, 0.2) is 60.8 Å². The summed E-state index contributed by atoms with van der Waals surface area (Å²) in [6.45, 7) is 2.92. The molecule has 0 bridgehead atoms. The number of rotatable bonds is 5. The molecule has 1 aromatic heterocycles. The molecule has 0 atom stereocenters. The van der Waals surface area contributed by atoms with E-state index in [0.29, 0.717) is 67.6 Å². The van der Waals surface area contributed by atoms with Gasteiger partial charge in [-0.25, -0.2) is 9.37 Å². The fraction of sp³-hybridized carbons (Fsp3) is 0.269. The maximum absolute atomic E-state index is 13.3. The van der Waals surface area contributed by atoms with Crippen LogP contribution in [-0.2, 0) is 4.79 Å². The lowest BCUT2D eigenvalue weighted by Gasteiger charge is -2.36. The van der Waals surface area contributed by atoms with E-state index in [2.05, 4.69) is 9.88 Å². The normalized spacial score (nSPS) is 15.3. The lowest BCUT2D eigenvalue weighted by Crippen LogP contribution is -2.48. The summed E-state index contributed by atoms with van der Waals surface area (Å²) in [5, 5.41) is 0.485. The van der Waals surface area contributed by atoms with E-state index < -0.39 is 0 Å². The molecule has 1 saturated heterocycles. The predicted octanol–water partition coefficient (Wildman–Crippen LogP) is 4.76. The molecule has 0 unspecified atom stereocenters. The van der Waals surface area contributed by atoms with E-state index in [1.807, 2.05) is 4.90 Å². The summed E-state index contributed by atoms with van der Waals surface area (Å²) < 4.78 is 19.1. The lowest BCUT2D eigenvalue weighted by molar-refractivity contribution is -0.131. The number of pyridine rings is 1. The molecule has 1 fully saturated rings. The van der Waals surface area contributed by atoms with Crippen molar-refractivity contribution in [3.63, 3.8) is 0 Å². The van der Waals surface area contributed by atoms with Gasteiger partial charge in [0.05, 0.1) is 5.69 Å². The third kappa shape index (κ3) is 4.93. The van der Waals surface area contributed by atoms with Crippen molar-refractivity contribution in [1.29, 1.82) is 0 Å². The largest absolute Gasteiger partial charge is 0.436 e. The monoisotopic (exact) mass is 494 g/mol. The van der Waals surface area contributed by atoms with Gasteiger partial charge in [0.1, 0.15) is 11.4 Å². The second kappa shape index (κ2) is 9.92. The summed E-state index contributed by atoms with van der Waals surface area (Å²) in [5.41, 5.74) is 1.87. The van der Waals surface area contributed by atoms with E-state index in [0.717, 1.165) is 5.69 Å². The summed E-state index contributed by atoms with van der Waals surface area (Å²) in [4.78, 5) is 36.0. The van der Waals surface area contributed by atoms with Gasteiger partial charge in [0.15, 0.2) is 5.75 Å². The first-order valence-corrected chi connectivity index (χ1v) is 11.9. The van der Waals surface area contributed by atoms with Crippen LogP contribution < -0.4 is 14.5 Å². The van der Waals surface area contributed by atoms with Gasteiger partial charge in [0.25, 0.3) is 5.91 Å². The Bertz CT molecular complexity index is 1250. The highest BCUT2D eigenvalue weighted by Crippen LogP contribution is 2.39. The van der Waals surface area contributed by atoms with Gasteiger partial charge in [-0.05, 0) is 61.0 Å². The molecule has 0 aliphatic carbocycles. The third-order valence-electron chi connectivity index (χ3n) is 6.26. The van der Waals surface area contributed by atoms with E-state index in [1.165, 1.54) is 12.1 Å². The zero-order chi connectivity index (χ0) is 24.4. The predicted molar refractivity (Wildman–Crippen MR) is 132 cm³/mol. The second-order valence-electron chi connectivity index (χ2n) is 8.47. The Morgan fingerprint density at radius 3 is 2.60 bits per heavy atom. The number of nitrogens with zero attached hydrogens (tertiary/aromatic N) is 4. The first-order valence-electron chi connectivity index (χ1n) is 11.5. The number of benzene rings is 2. The summed E-state index contributed by atoms with van der Waals surface area (Å²) in [7, 11) is 0. The average molecular weight is 495 g/mol. The van der Waals surface area contributed by atoms with E-state index >= 15 is 0 Å². The van der Waals surface area contributed by atoms with Crippen molar-refractivity contribution in [3.05, 3.63) is 77.2 Å². The van der Waals surface area contributed by atoms with Gasteiger partial charge in [0, 0.05) is 56.1 Å². The van der Waals surface area contributed by atoms with Crippen LogP contribution in [-0.4, -0.2) is 54.4 Å². The Morgan fingerprint density at radius 1 is 1.06 bits per heavy atom. The van der Waals surface area contributed by atoms with E-state index in [1.54, 1.807) is 53.6 Å². The average Bonchev–Trinajstić information content (AvgIpc) is 2.99. The summed E-state index contributed by atoms with van der Waals surface area (Å²) >= 11 is 6.21. The molecule has 2 aliphatic rings. The van der Waals surface area contributed by atoms with Crippen molar-refractivity contribution in [1.82, 2.24) is 9.88 Å². The number of halogens is 2. The van der Waals surface area contributed by atoms with Crippen LogP contribution in [0, 0.1) is 5.82 Å². The first-order chi connectivity index (χ1) is 17.0. The third-order valence-corrected chi connectivity index (χ3v) is 6.50. The fourth-order valence-electron chi connectivity index (χ4n) is 4.42. The van der Waals surface area contributed by atoms with Crippen molar-refractivity contribution >= 4 is 34.8 Å². The molecule has 35 heavy (non-hydrogen) atoms. The lowest BCUT2D eigenvalue weighted by atomic mass is 10.1. The van der Waals surface area contributed by atoms with Crippen LogP contribution in [0.2, 0.25) is 5.02 Å². The minimum Gasteiger partial charge on any atom is -0.436 e. The van der Waals surface area contributed by atoms with Gasteiger partial charge < -0.3 is 19.4 Å². The highest BCUT2D eigenvalue weighted by molar-refractivity contribution is 6.31. The van der Waals surface area contributed by atoms with Crippen molar-refractivity contribution in [2.45, 2.75) is 12.8 Å². The van der Waals surface area contributed by atoms with E-state index in [-0.39, 0.29) is 23.5 Å². The number of carbonyl (C=O) groups is 2. The van der Waals surface area contributed by atoms with Crippen molar-refractivity contribution < 1.29 is 18.7 Å². The minimum absolute atomic E-state index is 0.0515. The standard InChI is InChI=1S/C26H24ClFN4O3/c27-18-5-10-23-22(17-18)32(26(34)21-3-1-11-29-25(21)35-23)12-2-4-24(33)31-15-13-30(14-16-31)20-8-6-19(28)7-9-20/h1,3,5-11,17H,2,4,12-16H2. The van der Waals surface area contributed by atoms with Crippen LogP contribution in [0.25, 0.3) is 0 Å². The molecule has 2 aromatic carbocycles. The van der Waals surface area contributed by atoms with E-state index in [9.17, 15) is 14.0 Å². The number of piperazine rings is 1. The first kappa shape index (κ1) is 23.1. The van der Waals surface area contributed by atoms with Crippen LogP contribution in [0.1, 0.15) is 23.2 Å². The Morgan fingerprint density at radius 2 is 1.83 bits per heavy atom. The van der Waals surface area contributed by atoms with Gasteiger partial charge >= 0.3 is 0 Å². The maximum atomic E-state index is 13.3. The Kier molecular flexibility index (Phi) is 6.55. The molecular formula is C26H24ClFN4O3. The zero-order valence-electron chi connectivity index (χ0n) is 19.0. The Balaban J connectivity index is 1.22. The number of carbonyl (C=O) groups excluding carboxylic acids is 2. The highest BCUT2D eigenvalue weighted by Gasteiger charge is 2.29. The van der Waals surface area contributed by atoms with Crippen LogP contribution in [0.4, 0.5) is 15.8 Å². The van der Waals surface area contributed by atoms with Crippen LogP contribution in [0.5, 0.6) is 11.6 Å². The molecular weight excluding hydrogens is 471 g/mol. The van der Waals surface area contributed by atoms with Gasteiger partial charge in [-0.2, -0.15) is 0 Å². The van der Waals surface area contributed by atoms with Crippen LogP contribution >= 0.6 is 11.6 Å². The summed E-state index contributed by atoms with van der Waals surface area (Å²) in [6.07, 6.45) is 2.38. The maximum Gasteiger partial charge on any atom is 0.263 e. The fourth-order valence-corrected chi connectivity index (χ4v) is 4.58. The number of hydrogen-bond donors (Lipinski definition) is 0. The molecule has 7 nitrogen and oxygen atoms in total. The molecule has 0 N–H and O–H groups in total. The van der Waals surface area contributed by atoms with Crippen molar-refractivity contribution in [2.24, 2.45) is 0 Å². The van der Waals surface area contributed by atoms with Gasteiger partial charge in [0.2, 0.25) is 11.8 Å². The zero-order valence-corrected chi connectivity index (χ0v) is 19.7. The number of hydrogen-bond acceptors (Lipinski definition) is 5. The minimum atomic E-state index is -0.262. The van der Waals surface area contributed by atoms with Gasteiger partial charge in [-0.3, -0.25) is 9.59 Å². The smallest absolute Gasteiger partial charge is 0.263 e. The number of fused-ring (bicyclic) bond motifs is 2. The quantitative estimate of drug-likeness (QED) is 0.512. The van der Waals surface area contributed by atoms with E-state index in [4.69, 9.17) is 16.3 Å². The molecule has 2 amide bonds. The number of ether oxygens (including phenoxy) is 1. The summed E-state index contributed by atoms with van der Waals surface area (Å²) in [5.74, 6) is 0.286.